The molecule has 94 valence electrons. The SMILES string of the molecule is COC(=O)C1Oc2ccc(F)cc2C(Cl)=C1C=O. The summed E-state index contributed by atoms with van der Waals surface area (Å²) in [5, 5.41) is -0.0128. The molecule has 1 heterocycles. The second-order valence-electron chi connectivity index (χ2n) is 3.55. The van der Waals surface area contributed by atoms with Crippen LogP contribution < -0.4 is 4.74 Å². The van der Waals surface area contributed by atoms with Gasteiger partial charge in [0.15, 0.2) is 6.29 Å². The number of fused-ring (bicyclic) bond motifs is 1. The molecule has 0 aliphatic carbocycles. The highest BCUT2D eigenvalue weighted by Crippen LogP contribution is 2.38. The summed E-state index contributed by atoms with van der Waals surface area (Å²) in [5.41, 5.74) is 0.153. The zero-order valence-electron chi connectivity index (χ0n) is 9.28. The lowest BCUT2D eigenvalue weighted by Gasteiger charge is -2.24. The van der Waals surface area contributed by atoms with Crippen LogP contribution in [0.2, 0.25) is 0 Å². The standard InChI is InChI=1S/C12H8ClFO4/c1-17-12(16)11-8(5-15)10(13)7-4-6(14)2-3-9(7)18-11/h2-5,11H,1H3. The highest BCUT2D eigenvalue weighted by molar-refractivity contribution is 6.51. The minimum atomic E-state index is -1.22. The van der Waals surface area contributed by atoms with Crippen LogP contribution in [0.4, 0.5) is 4.39 Å². The summed E-state index contributed by atoms with van der Waals surface area (Å²) in [7, 11) is 1.17. The molecule has 0 saturated heterocycles. The fraction of sp³-hybridized carbons (Fsp3) is 0.167. The van der Waals surface area contributed by atoms with E-state index in [9.17, 15) is 14.0 Å². The van der Waals surface area contributed by atoms with E-state index in [1.54, 1.807) is 0 Å². The number of benzene rings is 1. The predicted molar refractivity (Wildman–Crippen MR) is 61.7 cm³/mol. The quantitative estimate of drug-likeness (QED) is 0.608. The van der Waals surface area contributed by atoms with Gasteiger partial charge in [-0.25, -0.2) is 9.18 Å². The Hall–Kier alpha value is -1.88. The molecule has 18 heavy (non-hydrogen) atoms. The van der Waals surface area contributed by atoms with Crippen LogP contribution in [0.15, 0.2) is 23.8 Å². The van der Waals surface area contributed by atoms with Gasteiger partial charge in [-0.2, -0.15) is 0 Å². The van der Waals surface area contributed by atoms with Crippen molar-refractivity contribution >= 4 is 28.9 Å². The number of aldehydes is 1. The van der Waals surface area contributed by atoms with Crippen molar-refractivity contribution in [3.8, 4) is 5.75 Å². The molecule has 1 aliphatic heterocycles. The van der Waals surface area contributed by atoms with E-state index >= 15 is 0 Å². The number of ether oxygens (including phenoxy) is 2. The van der Waals surface area contributed by atoms with Crippen molar-refractivity contribution in [1.29, 1.82) is 0 Å². The summed E-state index contributed by atoms with van der Waals surface area (Å²) in [6.07, 6.45) is -0.824. The lowest BCUT2D eigenvalue weighted by atomic mass is 10.0. The monoisotopic (exact) mass is 270 g/mol. The van der Waals surface area contributed by atoms with Crippen molar-refractivity contribution in [2.75, 3.05) is 7.11 Å². The lowest BCUT2D eigenvalue weighted by molar-refractivity contribution is -0.147. The van der Waals surface area contributed by atoms with E-state index in [0.29, 0.717) is 6.29 Å². The summed E-state index contributed by atoms with van der Waals surface area (Å²) >= 11 is 5.98. The van der Waals surface area contributed by atoms with Gasteiger partial charge < -0.3 is 9.47 Å². The van der Waals surface area contributed by atoms with E-state index in [2.05, 4.69) is 4.74 Å². The maximum absolute atomic E-state index is 13.1. The molecule has 0 fully saturated rings. The number of hydrogen-bond acceptors (Lipinski definition) is 4. The molecule has 1 aromatic rings. The Labute approximate surface area is 107 Å². The number of hydrogen-bond donors (Lipinski definition) is 0. The van der Waals surface area contributed by atoms with Gasteiger partial charge in [0.25, 0.3) is 0 Å². The first-order valence-corrected chi connectivity index (χ1v) is 5.35. The molecule has 6 heteroatoms. The third-order valence-corrected chi connectivity index (χ3v) is 2.92. The first-order chi connectivity index (χ1) is 8.58. The van der Waals surface area contributed by atoms with Gasteiger partial charge in [-0.1, -0.05) is 11.6 Å². The third-order valence-electron chi connectivity index (χ3n) is 2.50. The average Bonchev–Trinajstić information content (AvgIpc) is 2.38. The molecule has 2 rings (SSSR count). The molecule has 0 N–H and O–H groups in total. The minimum Gasteiger partial charge on any atom is -0.473 e. The normalized spacial score (nSPS) is 17.8. The first-order valence-electron chi connectivity index (χ1n) is 4.97. The van der Waals surface area contributed by atoms with Crippen molar-refractivity contribution in [3.63, 3.8) is 0 Å². The van der Waals surface area contributed by atoms with Crippen LogP contribution in [-0.2, 0) is 14.3 Å². The molecule has 0 aromatic heterocycles. The second-order valence-corrected chi connectivity index (χ2v) is 3.93. The van der Waals surface area contributed by atoms with Crippen molar-refractivity contribution < 1.29 is 23.5 Å². The molecule has 0 spiro atoms. The maximum Gasteiger partial charge on any atom is 0.352 e. The fourth-order valence-electron chi connectivity index (χ4n) is 1.63. The summed E-state index contributed by atoms with van der Waals surface area (Å²) in [6, 6.07) is 3.64. The Balaban J connectivity index is 2.57. The minimum absolute atomic E-state index is 0.0128. The van der Waals surface area contributed by atoms with Crippen LogP contribution in [0.25, 0.3) is 5.03 Å². The summed E-state index contributed by atoms with van der Waals surface area (Å²) in [4.78, 5) is 22.5. The Morgan fingerprint density at radius 2 is 2.28 bits per heavy atom. The zero-order chi connectivity index (χ0) is 13.3. The van der Waals surface area contributed by atoms with E-state index in [4.69, 9.17) is 16.3 Å². The van der Waals surface area contributed by atoms with Gasteiger partial charge in [0.1, 0.15) is 11.6 Å². The summed E-state index contributed by atoms with van der Waals surface area (Å²) < 4.78 is 22.9. The molecule has 1 aliphatic rings. The fourth-order valence-corrected chi connectivity index (χ4v) is 1.92. The number of carbonyl (C=O) groups is 2. The van der Waals surface area contributed by atoms with E-state index in [0.717, 1.165) is 6.07 Å². The molecule has 0 radical (unpaired) electrons. The first kappa shape index (κ1) is 12.6. The lowest BCUT2D eigenvalue weighted by Crippen LogP contribution is -2.34. The molecule has 0 saturated carbocycles. The largest absolute Gasteiger partial charge is 0.473 e. The van der Waals surface area contributed by atoms with E-state index in [-0.39, 0.29) is 21.9 Å². The van der Waals surface area contributed by atoms with Crippen LogP contribution in [0.1, 0.15) is 5.56 Å². The third kappa shape index (κ3) is 1.97. The Bertz CT molecular complexity index is 553. The van der Waals surface area contributed by atoms with Gasteiger partial charge in [0.2, 0.25) is 6.10 Å². The molecule has 0 amide bonds. The number of methoxy groups -OCH3 is 1. The zero-order valence-corrected chi connectivity index (χ0v) is 10.0. The van der Waals surface area contributed by atoms with Gasteiger partial charge in [-0.15, -0.1) is 0 Å². The highest BCUT2D eigenvalue weighted by Gasteiger charge is 2.34. The smallest absolute Gasteiger partial charge is 0.352 e. The van der Waals surface area contributed by atoms with Crippen LogP contribution in [0, 0.1) is 5.82 Å². The van der Waals surface area contributed by atoms with Crippen molar-refractivity contribution in [1.82, 2.24) is 0 Å². The molecule has 1 aromatic carbocycles. The Kier molecular flexibility index (Phi) is 3.34. The Morgan fingerprint density at radius 3 is 2.89 bits per heavy atom. The van der Waals surface area contributed by atoms with Crippen molar-refractivity contribution in [3.05, 3.63) is 35.2 Å². The highest BCUT2D eigenvalue weighted by atomic mass is 35.5. The van der Waals surface area contributed by atoms with Gasteiger partial charge >= 0.3 is 5.97 Å². The van der Waals surface area contributed by atoms with Crippen LogP contribution in [-0.4, -0.2) is 25.5 Å². The number of rotatable bonds is 2. The van der Waals surface area contributed by atoms with Gasteiger partial charge in [-0.05, 0) is 18.2 Å². The summed E-state index contributed by atoms with van der Waals surface area (Å²) in [6.45, 7) is 0. The van der Waals surface area contributed by atoms with Crippen LogP contribution in [0.5, 0.6) is 5.75 Å². The van der Waals surface area contributed by atoms with Gasteiger partial charge in [-0.3, -0.25) is 4.79 Å². The van der Waals surface area contributed by atoms with E-state index < -0.39 is 17.9 Å². The summed E-state index contributed by atoms with van der Waals surface area (Å²) in [5.74, 6) is -1.04. The molecule has 1 unspecified atom stereocenters. The van der Waals surface area contributed by atoms with Crippen molar-refractivity contribution in [2.24, 2.45) is 0 Å². The molecular formula is C12H8ClFO4. The van der Waals surface area contributed by atoms with E-state index in [1.807, 2.05) is 0 Å². The molecule has 4 nitrogen and oxygen atoms in total. The molecule has 0 bridgehead atoms. The second kappa shape index (κ2) is 4.78. The average molecular weight is 271 g/mol. The molecular weight excluding hydrogens is 263 g/mol. The molecule has 1 atom stereocenters. The van der Waals surface area contributed by atoms with Crippen molar-refractivity contribution in [2.45, 2.75) is 6.10 Å². The van der Waals surface area contributed by atoms with Crippen LogP contribution >= 0.6 is 11.6 Å². The van der Waals surface area contributed by atoms with E-state index in [1.165, 1.54) is 19.2 Å². The van der Waals surface area contributed by atoms with Crippen LogP contribution in [0.3, 0.4) is 0 Å². The topological polar surface area (TPSA) is 52.6 Å². The number of halogens is 2. The number of esters is 1. The number of carbonyl (C=O) groups excluding carboxylic acids is 2. The predicted octanol–water partition coefficient (Wildman–Crippen LogP) is 1.91. The van der Waals surface area contributed by atoms with Gasteiger partial charge in [0, 0.05) is 5.56 Å². The Morgan fingerprint density at radius 1 is 1.56 bits per heavy atom. The van der Waals surface area contributed by atoms with Gasteiger partial charge in [0.05, 0.1) is 17.7 Å². The maximum atomic E-state index is 13.1.